The van der Waals surface area contributed by atoms with E-state index in [2.05, 4.69) is 20.6 Å². The Kier molecular flexibility index (Phi) is 6.49. The van der Waals surface area contributed by atoms with Gasteiger partial charge in [0.25, 0.3) is 10.0 Å². The average Bonchev–Trinajstić information content (AvgIpc) is 2.96. The summed E-state index contributed by atoms with van der Waals surface area (Å²) in [4.78, 5) is 28.2. The molecule has 0 fully saturated rings. The van der Waals surface area contributed by atoms with Crippen molar-refractivity contribution >= 4 is 39.4 Å². The van der Waals surface area contributed by atoms with Gasteiger partial charge in [0.05, 0.1) is 17.2 Å². The number of carbonyl (C=O) groups excluding carboxylic acids is 2. The number of fused-ring (bicyclic) bond motifs is 1. The third-order valence-corrected chi connectivity index (χ3v) is 6.25. The lowest BCUT2D eigenvalue weighted by atomic mass is 10.2. The number of carbonyl (C=O) groups is 2. The maximum Gasteiger partial charge on any atom is 0.263 e. The summed E-state index contributed by atoms with van der Waals surface area (Å²) in [6.45, 7) is 0.0257. The number of hydrogen-bond donors (Lipinski definition) is 3. The molecule has 3 N–H and O–H groups in total. The van der Waals surface area contributed by atoms with Crippen LogP contribution in [0.5, 0.6) is 0 Å². The van der Waals surface area contributed by atoms with Gasteiger partial charge in [0.2, 0.25) is 11.8 Å². The summed E-state index contributed by atoms with van der Waals surface area (Å²) < 4.78 is 39.8. The second-order valence-corrected chi connectivity index (χ2v) is 8.57. The molecular weight excluding hydrogens is 419 g/mol. The van der Waals surface area contributed by atoms with Crippen LogP contribution in [0.3, 0.4) is 0 Å². The SMILES string of the molecule is O=C(CCN=C1NS(=O)(=O)c2ccccc21)NNC(=O)CSc1ccccc1F. The molecule has 0 saturated carbocycles. The largest absolute Gasteiger partial charge is 0.273 e. The molecule has 0 spiro atoms. The topological polar surface area (TPSA) is 117 Å². The molecular formula is C18H17FN4O4S2. The quantitative estimate of drug-likeness (QED) is 0.465. The van der Waals surface area contributed by atoms with Crippen molar-refractivity contribution in [1.29, 1.82) is 0 Å². The Labute approximate surface area is 171 Å². The fraction of sp³-hybridized carbons (Fsp3) is 0.167. The molecule has 0 atom stereocenters. The molecule has 2 aromatic rings. The lowest BCUT2D eigenvalue weighted by Crippen LogP contribution is -2.42. The number of nitrogens with zero attached hydrogens (tertiary/aromatic N) is 1. The van der Waals surface area contributed by atoms with E-state index in [0.29, 0.717) is 10.5 Å². The summed E-state index contributed by atoms with van der Waals surface area (Å²) in [7, 11) is -3.63. The number of benzene rings is 2. The van der Waals surface area contributed by atoms with Crippen LogP contribution in [0.15, 0.2) is 63.3 Å². The first-order chi connectivity index (χ1) is 13.9. The summed E-state index contributed by atoms with van der Waals surface area (Å²) >= 11 is 1.01. The van der Waals surface area contributed by atoms with Gasteiger partial charge in [-0.3, -0.25) is 30.2 Å². The number of sulfonamides is 1. The number of hydrazine groups is 1. The fourth-order valence-corrected chi connectivity index (χ4v) is 4.45. The maximum absolute atomic E-state index is 13.5. The molecule has 1 aliphatic rings. The van der Waals surface area contributed by atoms with Gasteiger partial charge in [0.15, 0.2) is 0 Å². The average molecular weight is 436 g/mol. The van der Waals surface area contributed by atoms with Gasteiger partial charge in [-0.05, 0) is 24.3 Å². The van der Waals surface area contributed by atoms with Crippen LogP contribution >= 0.6 is 11.8 Å². The molecule has 1 heterocycles. The highest BCUT2D eigenvalue weighted by molar-refractivity contribution is 8.00. The van der Waals surface area contributed by atoms with Crippen LogP contribution in [0.25, 0.3) is 0 Å². The fourth-order valence-electron chi connectivity index (χ4n) is 2.46. The number of hydrogen-bond acceptors (Lipinski definition) is 6. The first-order valence-corrected chi connectivity index (χ1v) is 11.0. The molecule has 11 heteroatoms. The smallest absolute Gasteiger partial charge is 0.263 e. The Morgan fingerprint density at radius 3 is 2.52 bits per heavy atom. The van der Waals surface area contributed by atoms with Crippen molar-refractivity contribution in [2.45, 2.75) is 16.2 Å². The zero-order chi connectivity index (χ0) is 20.9. The summed E-state index contributed by atoms with van der Waals surface area (Å²) in [5.74, 6) is -1.29. The van der Waals surface area contributed by atoms with E-state index in [1.807, 2.05) is 0 Å². The van der Waals surface area contributed by atoms with E-state index in [1.54, 1.807) is 36.4 Å². The van der Waals surface area contributed by atoms with Gasteiger partial charge in [-0.1, -0.05) is 24.3 Å². The monoisotopic (exact) mass is 436 g/mol. The second-order valence-electron chi connectivity index (χ2n) is 5.90. The Bertz CT molecular complexity index is 1070. The molecule has 0 aliphatic carbocycles. The van der Waals surface area contributed by atoms with E-state index in [-0.39, 0.29) is 29.4 Å². The van der Waals surface area contributed by atoms with E-state index in [9.17, 15) is 22.4 Å². The first-order valence-electron chi connectivity index (χ1n) is 8.48. The number of rotatable bonds is 6. The highest BCUT2D eigenvalue weighted by atomic mass is 32.2. The molecule has 1 aliphatic heterocycles. The van der Waals surface area contributed by atoms with Crippen molar-refractivity contribution in [3.8, 4) is 0 Å². The van der Waals surface area contributed by atoms with Crippen molar-refractivity contribution in [3.63, 3.8) is 0 Å². The molecule has 8 nitrogen and oxygen atoms in total. The van der Waals surface area contributed by atoms with Gasteiger partial charge in [-0.15, -0.1) is 11.8 Å². The van der Waals surface area contributed by atoms with E-state index < -0.39 is 27.7 Å². The molecule has 29 heavy (non-hydrogen) atoms. The van der Waals surface area contributed by atoms with Crippen molar-refractivity contribution in [2.75, 3.05) is 12.3 Å². The minimum atomic E-state index is -3.63. The zero-order valence-corrected chi connectivity index (χ0v) is 16.6. The molecule has 0 saturated heterocycles. The molecule has 2 aromatic carbocycles. The molecule has 0 unspecified atom stereocenters. The number of halogens is 1. The third-order valence-electron chi connectivity index (χ3n) is 3.81. The van der Waals surface area contributed by atoms with Crippen LogP contribution in [0, 0.1) is 5.82 Å². The summed E-state index contributed by atoms with van der Waals surface area (Å²) in [5.41, 5.74) is 4.93. The zero-order valence-electron chi connectivity index (χ0n) is 15.0. The van der Waals surface area contributed by atoms with Gasteiger partial charge >= 0.3 is 0 Å². The lowest BCUT2D eigenvalue weighted by molar-refractivity contribution is -0.127. The Morgan fingerprint density at radius 2 is 1.72 bits per heavy atom. The maximum atomic E-state index is 13.5. The highest BCUT2D eigenvalue weighted by Gasteiger charge is 2.29. The lowest BCUT2D eigenvalue weighted by Gasteiger charge is -2.07. The van der Waals surface area contributed by atoms with E-state index in [1.165, 1.54) is 12.1 Å². The standard InChI is InChI=1S/C18H17FN4O4S2/c19-13-6-2-3-7-14(13)28-11-17(25)22-21-16(24)9-10-20-18-12-5-1-4-8-15(12)29(26,27)23-18/h1-8H,9-11H2,(H,20,23)(H,21,24)(H,22,25). The number of thioether (sulfide) groups is 1. The van der Waals surface area contributed by atoms with Crippen molar-refractivity contribution < 1.29 is 22.4 Å². The number of aliphatic imine (C=N–C) groups is 1. The molecule has 152 valence electrons. The van der Waals surface area contributed by atoms with Crippen LogP contribution in [0.1, 0.15) is 12.0 Å². The first kappa shape index (κ1) is 20.8. The van der Waals surface area contributed by atoms with E-state index in [0.717, 1.165) is 11.8 Å². The molecule has 3 rings (SSSR count). The van der Waals surface area contributed by atoms with Crippen LogP contribution in [0.4, 0.5) is 4.39 Å². The number of nitrogens with one attached hydrogen (secondary N) is 3. The molecule has 0 aromatic heterocycles. The van der Waals surface area contributed by atoms with Crippen LogP contribution in [-0.4, -0.2) is 38.4 Å². The number of amides is 2. The predicted molar refractivity (Wildman–Crippen MR) is 106 cm³/mol. The van der Waals surface area contributed by atoms with Crippen molar-refractivity contribution in [2.24, 2.45) is 4.99 Å². The summed E-state index contributed by atoms with van der Waals surface area (Å²) in [6.07, 6.45) is -0.0614. The normalized spacial score (nSPS) is 15.4. The number of amidine groups is 1. The van der Waals surface area contributed by atoms with Crippen molar-refractivity contribution in [3.05, 3.63) is 59.9 Å². The van der Waals surface area contributed by atoms with Gasteiger partial charge in [0, 0.05) is 16.9 Å². The third kappa shape index (κ3) is 5.33. The van der Waals surface area contributed by atoms with Gasteiger partial charge < -0.3 is 0 Å². The Morgan fingerprint density at radius 1 is 1.03 bits per heavy atom. The predicted octanol–water partition coefficient (Wildman–Crippen LogP) is 1.19. The minimum absolute atomic E-state index is 0.0257. The van der Waals surface area contributed by atoms with Gasteiger partial charge in [-0.2, -0.15) is 0 Å². The molecule has 2 amide bonds. The molecule has 0 radical (unpaired) electrons. The van der Waals surface area contributed by atoms with Gasteiger partial charge in [-0.25, -0.2) is 12.8 Å². The summed E-state index contributed by atoms with van der Waals surface area (Å²) in [5, 5.41) is 0. The van der Waals surface area contributed by atoms with Crippen LogP contribution in [0.2, 0.25) is 0 Å². The molecule has 0 bridgehead atoms. The second kappa shape index (κ2) is 9.05. The van der Waals surface area contributed by atoms with Crippen LogP contribution < -0.4 is 15.6 Å². The van der Waals surface area contributed by atoms with E-state index in [4.69, 9.17) is 0 Å². The van der Waals surface area contributed by atoms with Gasteiger partial charge in [0.1, 0.15) is 11.7 Å². The summed E-state index contributed by atoms with van der Waals surface area (Å²) in [6, 6.07) is 12.5. The van der Waals surface area contributed by atoms with E-state index >= 15 is 0 Å². The minimum Gasteiger partial charge on any atom is -0.273 e. The Balaban J connectivity index is 1.43. The van der Waals surface area contributed by atoms with Crippen molar-refractivity contribution in [1.82, 2.24) is 15.6 Å². The van der Waals surface area contributed by atoms with Crippen LogP contribution in [-0.2, 0) is 19.6 Å². The highest BCUT2D eigenvalue weighted by Crippen LogP contribution is 2.22. The Hall–Kier alpha value is -2.92.